The molecule has 1 aromatic heterocycles. The summed E-state index contributed by atoms with van der Waals surface area (Å²) in [6.07, 6.45) is 0. The van der Waals surface area contributed by atoms with E-state index in [9.17, 15) is 0 Å². The minimum atomic E-state index is 0.447. The minimum absolute atomic E-state index is 0.447. The molecule has 0 saturated heterocycles. The molecule has 0 saturated carbocycles. The first-order valence-corrected chi connectivity index (χ1v) is 4.55. The van der Waals surface area contributed by atoms with Crippen LogP contribution >= 0.6 is 11.6 Å². The summed E-state index contributed by atoms with van der Waals surface area (Å²) < 4.78 is 5.11. The van der Waals surface area contributed by atoms with Gasteiger partial charge in [-0.25, -0.2) is 4.98 Å². The molecule has 3 heteroatoms. The third-order valence-corrected chi connectivity index (χ3v) is 2.38. The number of rotatable bonds is 1. The lowest BCUT2D eigenvalue weighted by Crippen LogP contribution is -1.86. The van der Waals surface area contributed by atoms with Crippen LogP contribution in [-0.4, -0.2) is 12.1 Å². The van der Waals surface area contributed by atoms with Crippen molar-refractivity contribution in [1.29, 1.82) is 0 Å². The van der Waals surface area contributed by atoms with E-state index in [2.05, 4.69) is 11.9 Å². The average Bonchev–Trinajstić information content (AvgIpc) is 2.19. The summed E-state index contributed by atoms with van der Waals surface area (Å²) in [4.78, 5) is 4.20. The van der Waals surface area contributed by atoms with Crippen molar-refractivity contribution in [1.82, 2.24) is 4.98 Å². The molecule has 0 aliphatic heterocycles. The Hall–Kier alpha value is -1.28. The van der Waals surface area contributed by atoms with Gasteiger partial charge in [-0.1, -0.05) is 11.6 Å². The number of halogens is 1. The van der Waals surface area contributed by atoms with Gasteiger partial charge >= 0.3 is 0 Å². The molecular weight excluding hydrogens is 198 g/mol. The van der Waals surface area contributed by atoms with Gasteiger partial charge in [0, 0.05) is 5.39 Å². The summed E-state index contributed by atoms with van der Waals surface area (Å²) in [5.74, 6) is 0.807. The zero-order valence-electron chi connectivity index (χ0n) is 7.75. The first kappa shape index (κ1) is 9.28. The first-order valence-electron chi connectivity index (χ1n) is 4.17. The Morgan fingerprint density at radius 2 is 2.14 bits per heavy atom. The summed E-state index contributed by atoms with van der Waals surface area (Å²) in [5.41, 5.74) is 1.58. The predicted molar refractivity (Wildman–Crippen MR) is 57.8 cm³/mol. The van der Waals surface area contributed by atoms with Crippen molar-refractivity contribution in [2.45, 2.75) is 0 Å². The lowest BCUT2D eigenvalue weighted by molar-refractivity contribution is 0.415. The molecule has 1 radical (unpaired) electrons. The van der Waals surface area contributed by atoms with Gasteiger partial charge < -0.3 is 4.74 Å². The van der Waals surface area contributed by atoms with Crippen LogP contribution in [0, 0.1) is 6.92 Å². The monoisotopic (exact) mass is 206 g/mol. The van der Waals surface area contributed by atoms with E-state index >= 15 is 0 Å². The molecule has 14 heavy (non-hydrogen) atoms. The fourth-order valence-corrected chi connectivity index (χ4v) is 1.45. The number of aromatic nitrogens is 1. The summed E-state index contributed by atoms with van der Waals surface area (Å²) in [6.45, 7) is 3.79. The molecular formula is C11H9ClNO. The lowest BCUT2D eigenvalue weighted by atomic mass is 10.2. The van der Waals surface area contributed by atoms with E-state index in [1.807, 2.05) is 24.3 Å². The number of methoxy groups -OCH3 is 1. The molecule has 2 nitrogen and oxygen atoms in total. The molecule has 2 rings (SSSR count). The zero-order valence-corrected chi connectivity index (χ0v) is 8.51. The number of nitrogens with zero attached hydrogens (tertiary/aromatic N) is 1. The van der Waals surface area contributed by atoms with Gasteiger partial charge in [-0.05, 0) is 36.8 Å². The standard InChI is InChI=1S/C11H9ClNO/c1-7-5-8-6-9(14-2)3-4-10(8)13-11(7)12/h3-6H,1H2,2H3. The smallest absolute Gasteiger partial charge is 0.132 e. The van der Waals surface area contributed by atoms with E-state index in [4.69, 9.17) is 16.3 Å². The van der Waals surface area contributed by atoms with Crippen LogP contribution in [0.2, 0.25) is 5.15 Å². The maximum absolute atomic E-state index is 5.86. The van der Waals surface area contributed by atoms with Crippen LogP contribution in [0.4, 0.5) is 0 Å². The molecule has 0 atom stereocenters. The summed E-state index contributed by atoms with van der Waals surface area (Å²) in [5, 5.41) is 1.43. The summed E-state index contributed by atoms with van der Waals surface area (Å²) in [7, 11) is 1.63. The third-order valence-electron chi connectivity index (χ3n) is 2.05. The van der Waals surface area contributed by atoms with Crippen molar-refractivity contribution < 1.29 is 4.74 Å². The molecule has 0 aliphatic rings. The maximum atomic E-state index is 5.86. The number of hydrogen-bond donors (Lipinski definition) is 0. The molecule has 0 N–H and O–H groups in total. The number of fused-ring (bicyclic) bond motifs is 1. The fourth-order valence-electron chi connectivity index (χ4n) is 1.30. The average molecular weight is 207 g/mol. The lowest BCUT2D eigenvalue weighted by Gasteiger charge is -2.03. The molecule has 0 amide bonds. The molecule has 1 heterocycles. The Kier molecular flexibility index (Phi) is 2.30. The molecule has 0 aliphatic carbocycles. The molecule has 0 bridgehead atoms. The second-order valence-electron chi connectivity index (χ2n) is 3.00. The quantitative estimate of drug-likeness (QED) is 0.669. The van der Waals surface area contributed by atoms with Gasteiger partial charge in [0.05, 0.1) is 12.6 Å². The van der Waals surface area contributed by atoms with Gasteiger partial charge in [-0.15, -0.1) is 0 Å². The highest BCUT2D eigenvalue weighted by atomic mass is 35.5. The predicted octanol–water partition coefficient (Wildman–Crippen LogP) is 3.08. The molecule has 71 valence electrons. The molecule has 0 fully saturated rings. The fraction of sp³-hybridized carbons (Fsp3) is 0.0909. The van der Waals surface area contributed by atoms with E-state index in [1.165, 1.54) is 0 Å². The van der Waals surface area contributed by atoms with Crippen molar-refractivity contribution in [3.8, 4) is 5.75 Å². The normalized spacial score (nSPS) is 10.5. The number of ether oxygens (including phenoxy) is 1. The van der Waals surface area contributed by atoms with E-state index in [-0.39, 0.29) is 0 Å². The highest BCUT2D eigenvalue weighted by molar-refractivity contribution is 6.30. The van der Waals surface area contributed by atoms with E-state index in [0.717, 1.165) is 22.2 Å². The van der Waals surface area contributed by atoms with Crippen LogP contribution < -0.4 is 4.74 Å². The van der Waals surface area contributed by atoms with Crippen LogP contribution in [0.15, 0.2) is 24.3 Å². The topological polar surface area (TPSA) is 22.1 Å². The second-order valence-corrected chi connectivity index (χ2v) is 3.35. The molecule has 1 aromatic carbocycles. The van der Waals surface area contributed by atoms with Crippen LogP contribution in [-0.2, 0) is 0 Å². The van der Waals surface area contributed by atoms with Crippen molar-refractivity contribution >= 4 is 22.5 Å². The summed E-state index contributed by atoms with van der Waals surface area (Å²) >= 11 is 5.86. The van der Waals surface area contributed by atoms with Gasteiger partial charge in [0.25, 0.3) is 0 Å². The first-order chi connectivity index (χ1) is 6.70. The highest BCUT2D eigenvalue weighted by Gasteiger charge is 2.01. The van der Waals surface area contributed by atoms with Gasteiger partial charge in [0.1, 0.15) is 10.9 Å². The largest absolute Gasteiger partial charge is 0.497 e. The number of pyridine rings is 1. The van der Waals surface area contributed by atoms with E-state index in [1.54, 1.807) is 7.11 Å². The Balaban J connectivity index is 2.70. The Labute approximate surface area is 87.5 Å². The maximum Gasteiger partial charge on any atom is 0.132 e. The van der Waals surface area contributed by atoms with Crippen molar-refractivity contribution in [3.05, 3.63) is 41.9 Å². The van der Waals surface area contributed by atoms with E-state index < -0.39 is 0 Å². The Morgan fingerprint density at radius 1 is 1.36 bits per heavy atom. The van der Waals surface area contributed by atoms with Gasteiger partial charge in [0.2, 0.25) is 0 Å². The van der Waals surface area contributed by atoms with Gasteiger partial charge in [-0.3, -0.25) is 0 Å². The van der Waals surface area contributed by atoms with E-state index in [0.29, 0.717) is 5.15 Å². The highest BCUT2D eigenvalue weighted by Crippen LogP contribution is 2.23. The van der Waals surface area contributed by atoms with Crippen LogP contribution in [0.5, 0.6) is 5.75 Å². The van der Waals surface area contributed by atoms with Crippen molar-refractivity contribution in [2.75, 3.05) is 7.11 Å². The van der Waals surface area contributed by atoms with Crippen LogP contribution in [0.3, 0.4) is 0 Å². The molecule has 0 unspecified atom stereocenters. The second kappa shape index (κ2) is 3.46. The Morgan fingerprint density at radius 3 is 2.86 bits per heavy atom. The number of hydrogen-bond acceptors (Lipinski definition) is 2. The van der Waals surface area contributed by atoms with Crippen LogP contribution in [0.1, 0.15) is 5.56 Å². The zero-order chi connectivity index (χ0) is 10.1. The third kappa shape index (κ3) is 1.53. The summed E-state index contributed by atoms with van der Waals surface area (Å²) in [6, 6.07) is 7.54. The molecule has 0 spiro atoms. The SMILES string of the molecule is [CH2]c1cc2cc(OC)ccc2nc1Cl. The Bertz CT molecular complexity index is 482. The van der Waals surface area contributed by atoms with Gasteiger partial charge in [-0.2, -0.15) is 0 Å². The van der Waals surface area contributed by atoms with Crippen LogP contribution in [0.25, 0.3) is 10.9 Å². The van der Waals surface area contributed by atoms with Crippen molar-refractivity contribution in [2.24, 2.45) is 0 Å². The number of benzene rings is 1. The van der Waals surface area contributed by atoms with Crippen molar-refractivity contribution in [3.63, 3.8) is 0 Å². The minimum Gasteiger partial charge on any atom is -0.497 e. The molecule has 2 aromatic rings. The van der Waals surface area contributed by atoms with Gasteiger partial charge in [0.15, 0.2) is 0 Å².